The zero-order valence-corrected chi connectivity index (χ0v) is 11.5. The first-order valence-corrected chi connectivity index (χ1v) is 8.18. The molecule has 2 amide bonds. The van der Waals surface area contributed by atoms with Crippen molar-refractivity contribution in [3.8, 4) is 0 Å². The second kappa shape index (κ2) is 6.53. The molecule has 2 saturated carbocycles. The highest BCUT2D eigenvalue weighted by Crippen LogP contribution is 2.27. The molecular formula is C13H24N2OS. The molecule has 98 valence electrons. The van der Waals surface area contributed by atoms with E-state index in [0.29, 0.717) is 17.3 Å². The van der Waals surface area contributed by atoms with Gasteiger partial charge in [-0.2, -0.15) is 11.8 Å². The van der Waals surface area contributed by atoms with Crippen molar-refractivity contribution in [3.63, 3.8) is 0 Å². The van der Waals surface area contributed by atoms with E-state index in [0.717, 1.165) is 19.3 Å². The van der Waals surface area contributed by atoms with Gasteiger partial charge in [0, 0.05) is 17.3 Å². The molecule has 0 bridgehead atoms. The third-order valence-corrected chi connectivity index (χ3v) is 5.18. The fraction of sp³-hybridized carbons (Fsp3) is 0.923. The van der Waals surface area contributed by atoms with Gasteiger partial charge in [0.1, 0.15) is 0 Å². The molecular weight excluding hydrogens is 232 g/mol. The molecule has 0 heterocycles. The molecule has 4 heteroatoms. The smallest absolute Gasteiger partial charge is 0.315 e. The van der Waals surface area contributed by atoms with Crippen LogP contribution in [-0.2, 0) is 0 Å². The fourth-order valence-electron chi connectivity index (χ4n) is 3.01. The number of urea groups is 1. The molecule has 0 saturated heterocycles. The Hall–Kier alpha value is -0.380. The molecule has 2 unspecified atom stereocenters. The summed E-state index contributed by atoms with van der Waals surface area (Å²) in [5, 5.41) is 6.90. The van der Waals surface area contributed by atoms with Gasteiger partial charge in [-0.1, -0.05) is 25.7 Å². The molecule has 0 aromatic carbocycles. The molecule has 0 aromatic rings. The van der Waals surface area contributed by atoms with Crippen molar-refractivity contribution in [2.24, 2.45) is 0 Å². The summed E-state index contributed by atoms with van der Waals surface area (Å²) in [4.78, 5) is 11.9. The number of amides is 2. The van der Waals surface area contributed by atoms with Crippen LogP contribution in [0.15, 0.2) is 0 Å². The van der Waals surface area contributed by atoms with Crippen molar-refractivity contribution in [2.75, 3.05) is 6.26 Å². The first kappa shape index (κ1) is 13.1. The minimum absolute atomic E-state index is 0.0582. The third-order valence-electron chi connectivity index (χ3n) is 4.01. The molecule has 2 fully saturated rings. The quantitative estimate of drug-likeness (QED) is 0.815. The van der Waals surface area contributed by atoms with E-state index in [2.05, 4.69) is 16.9 Å². The minimum atomic E-state index is 0.0582. The van der Waals surface area contributed by atoms with Crippen molar-refractivity contribution in [3.05, 3.63) is 0 Å². The topological polar surface area (TPSA) is 41.1 Å². The molecule has 0 aliphatic heterocycles. The predicted octanol–water partition coefficient (Wildman–Crippen LogP) is 2.90. The van der Waals surface area contributed by atoms with Crippen molar-refractivity contribution < 1.29 is 4.79 Å². The Morgan fingerprint density at radius 3 is 2.35 bits per heavy atom. The standard InChI is InChI=1S/C13H24N2OS/c1-17-12-9-5-4-8-11(12)15-13(16)14-10-6-2-3-7-10/h10-12H,2-9H2,1H3,(H2,14,15,16). The Balaban J connectivity index is 1.75. The van der Waals surface area contributed by atoms with E-state index in [1.54, 1.807) is 0 Å². The van der Waals surface area contributed by atoms with Gasteiger partial charge in [0.25, 0.3) is 0 Å². The average molecular weight is 256 g/mol. The molecule has 2 rings (SSSR count). The van der Waals surface area contributed by atoms with Crippen molar-refractivity contribution in [1.82, 2.24) is 10.6 Å². The first-order chi connectivity index (χ1) is 8.29. The van der Waals surface area contributed by atoms with E-state index in [1.165, 1.54) is 32.1 Å². The average Bonchev–Trinajstić information content (AvgIpc) is 2.82. The molecule has 0 spiro atoms. The van der Waals surface area contributed by atoms with Crippen LogP contribution in [0.25, 0.3) is 0 Å². The Kier molecular flexibility index (Phi) is 5.01. The van der Waals surface area contributed by atoms with Crippen LogP contribution in [-0.4, -0.2) is 29.6 Å². The molecule has 17 heavy (non-hydrogen) atoms. The maximum atomic E-state index is 11.9. The lowest BCUT2D eigenvalue weighted by Crippen LogP contribution is -2.50. The Morgan fingerprint density at radius 1 is 1.00 bits per heavy atom. The van der Waals surface area contributed by atoms with E-state index < -0.39 is 0 Å². The van der Waals surface area contributed by atoms with Crippen LogP contribution in [0.3, 0.4) is 0 Å². The number of rotatable bonds is 3. The molecule has 0 aromatic heterocycles. The summed E-state index contributed by atoms with van der Waals surface area (Å²) in [6.07, 6.45) is 12.0. The van der Waals surface area contributed by atoms with Crippen LogP contribution in [0, 0.1) is 0 Å². The highest BCUT2D eigenvalue weighted by atomic mass is 32.2. The van der Waals surface area contributed by atoms with Crippen LogP contribution < -0.4 is 10.6 Å². The van der Waals surface area contributed by atoms with Gasteiger partial charge < -0.3 is 10.6 Å². The maximum absolute atomic E-state index is 11.9. The van der Waals surface area contributed by atoms with E-state index >= 15 is 0 Å². The lowest BCUT2D eigenvalue weighted by molar-refractivity contribution is 0.229. The van der Waals surface area contributed by atoms with Gasteiger partial charge in [-0.15, -0.1) is 0 Å². The number of hydrogen-bond acceptors (Lipinski definition) is 2. The molecule has 0 radical (unpaired) electrons. The number of nitrogens with one attached hydrogen (secondary N) is 2. The van der Waals surface area contributed by atoms with Crippen molar-refractivity contribution in [2.45, 2.75) is 68.7 Å². The first-order valence-electron chi connectivity index (χ1n) is 6.89. The highest BCUT2D eigenvalue weighted by Gasteiger charge is 2.26. The molecule has 3 nitrogen and oxygen atoms in total. The largest absolute Gasteiger partial charge is 0.335 e. The SMILES string of the molecule is CSC1CCCCC1NC(=O)NC1CCCC1. The van der Waals surface area contributed by atoms with Gasteiger partial charge in [-0.3, -0.25) is 0 Å². The van der Waals surface area contributed by atoms with Gasteiger partial charge in [-0.25, -0.2) is 4.79 Å². The van der Waals surface area contributed by atoms with Gasteiger partial charge in [0.2, 0.25) is 0 Å². The van der Waals surface area contributed by atoms with E-state index in [-0.39, 0.29) is 6.03 Å². The second-order valence-electron chi connectivity index (χ2n) is 5.26. The molecule has 2 atom stereocenters. The van der Waals surface area contributed by atoms with Crippen LogP contribution in [0.5, 0.6) is 0 Å². The van der Waals surface area contributed by atoms with Gasteiger partial charge >= 0.3 is 6.03 Å². The molecule has 2 aliphatic carbocycles. The Morgan fingerprint density at radius 2 is 1.65 bits per heavy atom. The highest BCUT2D eigenvalue weighted by molar-refractivity contribution is 7.99. The predicted molar refractivity (Wildman–Crippen MR) is 73.5 cm³/mol. The van der Waals surface area contributed by atoms with Gasteiger partial charge in [-0.05, 0) is 31.9 Å². The molecule has 2 aliphatic rings. The van der Waals surface area contributed by atoms with Crippen LogP contribution in [0.1, 0.15) is 51.4 Å². The molecule has 2 N–H and O–H groups in total. The number of carbonyl (C=O) groups excluding carboxylic acids is 1. The van der Waals surface area contributed by atoms with Crippen molar-refractivity contribution >= 4 is 17.8 Å². The number of carbonyl (C=O) groups is 1. The fourth-order valence-corrected chi connectivity index (χ4v) is 3.94. The van der Waals surface area contributed by atoms with Gasteiger partial charge in [0.15, 0.2) is 0 Å². The summed E-state index contributed by atoms with van der Waals surface area (Å²) in [6.45, 7) is 0. The zero-order valence-electron chi connectivity index (χ0n) is 10.7. The monoisotopic (exact) mass is 256 g/mol. The number of hydrogen-bond donors (Lipinski definition) is 2. The minimum Gasteiger partial charge on any atom is -0.335 e. The lowest BCUT2D eigenvalue weighted by Gasteiger charge is -2.31. The zero-order chi connectivity index (χ0) is 12.1. The summed E-state index contributed by atoms with van der Waals surface area (Å²) in [5.74, 6) is 0. The van der Waals surface area contributed by atoms with E-state index in [1.807, 2.05) is 11.8 Å². The van der Waals surface area contributed by atoms with Crippen molar-refractivity contribution in [1.29, 1.82) is 0 Å². The lowest BCUT2D eigenvalue weighted by atomic mass is 9.95. The van der Waals surface area contributed by atoms with Crippen LogP contribution in [0.2, 0.25) is 0 Å². The maximum Gasteiger partial charge on any atom is 0.315 e. The van der Waals surface area contributed by atoms with Crippen LogP contribution in [0.4, 0.5) is 4.79 Å². The summed E-state index contributed by atoms with van der Waals surface area (Å²) in [7, 11) is 0. The Bertz CT molecular complexity index is 254. The second-order valence-corrected chi connectivity index (χ2v) is 6.34. The number of thioether (sulfide) groups is 1. The third kappa shape index (κ3) is 3.80. The summed E-state index contributed by atoms with van der Waals surface area (Å²) in [5.41, 5.74) is 0. The summed E-state index contributed by atoms with van der Waals surface area (Å²) >= 11 is 1.90. The summed E-state index contributed by atoms with van der Waals surface area (Å²) < 4.78 is 0. The van der Waals surface area contributed by atoms with Crippen LogP contribution >= 0.6 is 11.8 Å². The van der Waals surface area contributed by atoms with Gasteiger partial charge in [0.05, 0.1) is 0 Å². The normalized spacial score (nSPS) is 30.2. The van der Waals surface area contributed by atoms with E-state index in [4.69, 9.17) is 0 Å². The Labute approximate surface area is 108 Å². The van der Waals surface area contributed by atoms with E-state index in [9.17, 15) is 4.79 Å². The summed E-state index contributed by atoms with van der Waals surface area (Å²) in [6, 6.07) is 0.856.